The van der Waals surface area contributed by atoms with E-state index in [0.717, 1.165) is 60.5 Å². The predicted molar refractivity (Wildman–Crippen MR) is 142 cm³/mol. The molecule has 3 aromatic heterocycles. The molecule has 2 unspecified atom stereocenters. The number of hydrogen-bond acceptors (Lipinski definition) is 10. The van der Waals surface area contributed by atoms with Crippen LogP contribution in [-0.4, -0.2) is 70.5 Å². The third-order valence-electron chi connectivity index (χ3n) is 7.18. The summed E-state index contributed by atoms with van der Waals surface area (Å²) in [5, 5.41) is 16.3. The van der Waals surface area contributed by atoms with Gasteiger partial charge in [-0.3, -0.25) is 4.90 Å². The maximum absolute atomic E-state index is 13.4. The normalized spacial score (nSPS) is 19.5. The summed E-state index contributed by atoms with van der Waals surface area (Å²) in [6, 6.07) is 8.26. The van der Waals surface area contributed by atoms with E-state index in [1.807, 2.05) is 16.5 Å². The van der Waals surface area contributed by atoms with Gasteiger partial charge >= 0.3 is 0 Å². The van der Waals surface area contributed by atoms with E-state index < -0.39 is 0 Å². The van der Waals surface area contributed by atoms with Crippen LogP contribution in [0.25, 0.3) is 16.2 Å². The Labute approximate surface area is 221 Å². The number of nitrogens with zero attached hydrogens (tertiary/aromatic N) is 8. The molecule has 2 saturated heterocycles. The fraction of sp³-hybridized carbons (Fsp3) is 0.400. The van der Waals surface area contributed by atoms with Crippen molar-refractivity contribution in [2.75, 3.05) is 49.6 Å². The topological polar surface area (TPSA) is 93.7 Å². The molecule has 190 valence electrons. The number of imidazole rings is 1. The van der Waals surface area contributed by atoms with E-state index in [1.165, 1.54) is 23.5 Å². The lowest BCUT2D eigenvalue weighted by Crippen LogP contribution is -2.29. The van der Waals surface area contributed by atoms with E-state index in [-0.39, 0.29) is 5.82 Å². The zero-order valence-electron chi connectivity index (χ0n) is 20.5. The van der Waals surface area contributed by atoms with Gasteiger partial charge in [0.2, 0.25) is 10.1 Å². The monoisotopic (exact) mass is 536 g/mol. The fourth-order valence-electron chi connectivity index (χ4n) is 5.39. The molecule has 0 aliphatic carbocycles. The number of carbonyl (C=O) groups excluding carboxylic acids is 1. The molecule has 0 amide bonds. The second-order valence-corrected chi connectivity index (χ2v) is 11.4. The van der Waals surface area contributed by atoms with Crippen LogP contribution in [0.2, 0.25) is 0 Å². The van der Waals surface area contributed by atoms with E-state index in [1.54, 1.807) is 23.5 Å². The highest BCUT2D eigenvalue weighted by Gasteiger charge is 2.41. The van der Waals surface area contributed by atoms with Gasteiger partial charge in [-0.25, -0.2) is 14.4 Å². The first-order valence-electron chi connectivity index (χ1n) is 12.2. The average molecular weight is 537 g/mol. The van der Waals surface area contributed by atoms with Crippen molar-refractivity contribution in [3.8, 4) is 17.3 Å². The van der Waals surface area contributed by atoms with E-state index in [9.17, 15) is 14.4 Å². The number of carbonyl (C=O) groups is 1. The Morgan fingerprint density at radius 1 is 1.16 bits per heavy atom. The lowest BCUT2D eigenvalue weighted by atomic mass is 10.0. The molecule has 1 aromatic carbocycles. The van der Waals surface area contributed by atoms with Crippen LogP contribution in [0.1, 0.15) is 17.5 Å². The smallest absolute Gasteiger partial charge is 0.216 e. The van der Waals surface area contributed by atoms with Crippen LogP contribution in [0.4, 0.5) is 20.5 Å². The highest BCUT2D eigenvalue weighted by Crippen LogP contribution is 2.40. The van der Waals surface area contributed by atoms with Gasteiger partial charge in [-0.1, -0.05) is 29.6 Å². The molecule has 2 atom stereocenters. The first-order chi connectivity index (χ1) is 18.0. The molecule has 0 N–H and O–H groups in total. The SMILES string of the molecule is CCc1nc2sc(N3CC4CN(CC=O)CC4C3)nn2c1N(C)c1nc(-c2ccc(F)cc2)c(C#N)s1. The lowest BCUT2D eigenvalue weighted by Gasteiger charge is -2.19. The third-order valence-corrected chi connectivity index (χ3v) is 9.18. The van der Waals surface area contributed by atoms with Crippen LogP contribution in [0.5, 0.6) is 0 Å². The maximum Gasteiger partial charge on any atom is 0.216 e. The number of hydrogen-bond donors (Lipinski definition) is 0. The van der Waals surface area contributed by atoms with Crippen LogP contribution in [0.3, 0.4) is 0 Å². The molecule has 5 heterocycles. The molecule has 2 aliphatic rings. The van der Waals surface area contributed by atoms with Gasteiger partial charge in [0.1, 0.15) is 28.7 Å². The zero-order valence-corrected chi connectivity index (χ0v) is 22.1. The molecular formula is C25H25FN8OS2. The van der Waals surface area contributed by atoms with Crippen molar-refractivity contribution in [3.63, 3.8) is 0 Å². The van der Waals surface area contributed by atoms with Gasteiger partial charge < -0.3 is 14.6 Å². The molecule has 4 aromatic rings. The lowest BCUT2D eigenvalue weighted by molar-refractivity contribution is -0.108. The summed E-state index contributed by atoms with van der Waals surface area (Å²) in [5.74, 6) is 1.60. The molecule has 6 rings (SSSR count). The Morgan fingerprint density at radius 3 is 2.54 bits per heavy atom. The van der Waals surface area contributed by atoms with Gasteiger partial charge in [0.15, 0.2) is 10.9 Å². The number of halogens is 1. The minimum atomic E-state index is -0.330. The van der Waals surface area contributed by atoms with Crippen molar-refractivity contribution < 1.29 is 9.18 Å². The summed E-state index contributed by atoms with van der Waals surface area (Å²) in [6.07, 6.45) is 1.72. The van der Waals surface area contributed by atoms with Gasteiger partial charge in [-0.2, -0.15) is 9.78 Å². The molecule has 2 aliphatic heterocycles. The van der Waals surface area contributed by atoms with Gasteiger partial charge in [-0.15, -0.1) is 5.10 Å². The Balaban J connectivity index is 1.30. The van der Waals surface area contributed by atoms with Crippen molar-refractivity contribution in [1.82, 2.24) is 24.5 Å². The number of nitriles is 1. The number of aryl methyl sites for hydroxylation is 1. The summed E-state index contributed by atoms with van der Waals surface area (Å²) >= 11 is 2.88. The number of benzene rings is 1. The summed E-state index contributed by atoms with van der Waals surface area (Å²) in [7, 11) is 1.91. The van der Waals surface area contributed by atoms with Crippen LogP contribution < -0.4 is 9.80 Å². The second kappa shape index (κ2) is 9.48. The number of aldehydes is 1. The molecule has 0 radical (unpaired) electrons. The van der Waals surface area contributed by atoms with Crippen molar-refractivity contribution >= 4 is 50.0 Å². The van der Waals surface area contributed by atoms with E-state index in [4.69, 9.17) is 15.1 Å². The van der Waals surface area contributed by atoms with Gasteiger partial charge in [0.25, 0.3) is 0 Å². The van der Waals surface area contributed by atoms with Gasteiger partial charge in [0, 0.05) is 38.8 Å². The quantitative estimate of drug-likeness (QED) is 0.329. The molecule has 9 nitrogen and oxygen atoms in total. The minimum absolute atomic E-state index is 0.330. The number of thiazole rings is 1. The molecular weight excluding hydrogens is 511 g/mol. The number of fused-ring (bicyclic) bond motifs is 2. The first kappa shape index (κ1) is 24.0. The fourth-order valence-corrected chi connectivity index (χ4v) is 7.18. The second-order valence-electron chi connectivity index (χ2n) is 9.48. The predicted octanol–water partition coefficient (Wildman–Crippen LogP) is 3.82. The maximum atomic E-state index is 13.4. The number of rotatable bonds is 7. The minimum Gasteiger partial charge on any atom is -0.346 e. The van der Waals surface area contributed by atoms with Crippen LogP contribution in [-0.2, 0) is 11.2 Å². The molecule has 0 saturated carbocycles. The first-order valence-corrected chi connectivity index (χ1v) is 13.8. The standard InChI is InChI=1S/C25H25FN8OS2/c1-3-19-22(31(2)23-29-21(20(10-27)36-23)15-4-6-18(26)7-5-15)34-24(28-19)37-25(30-34)33-13-16-11-32(8-9-35)12-17(16)14-33/h4-7,9,16-17H,3,8,11-14H2,1-2H3. The Hall–Kier alpha value is -3.40. The third kappa shape index (κ3) is 4.17. The van der Waals surface area contributed by atoms with Gasteiger partial charge in [-0.05, 0) is 42.5 Å². The van der Waals surface area contributed by atoms with E-state index >= 15 is 0 Å². The van der Waals surface area contributed by atoms with Crippen LogP contribution >= 0.6 is 22.7 Å². The van der Waals surface area contributed by atoms with E-state index in [0.29, 0.717) is 39.6 Å². The highest BCUT2D eigenvalue weighted by atomic mass is 32.1. The Kier molecular flexibility index (Phi) is 6.14. The van der Waals surface area contributed by atoms with Crippen molar-refractivity contribution in [2.45, 2.75) is 13.3 Å². The van der Waals surface area contributed by atoms with Crippen molar-refractivity contribution in [1.29, 1.82) is 5.26 Å². The Morgan fingerprint density at radius 2 is 1.89 bits per heavy atom. The number of likely N-dealkylation sites (tertiary alicyclic amines) is 1. The molecule has 2 fully saturated rings. The number of aromatic nitrogens is 4. The van der Waals surface area contributed by atoms with Crippen molar-refractivity contribution in [3.05, 3.63) is 40.7 Å². The van der Waals surface area contributed by atoms with Gasteiger partial charge in [0.05, 0.1) is 12.2 Å². The summed E-state index contributed by atoms with van der Waals surface area (Å²) in [5.41, 5.74) is 2.15. The largest absolute Gasteiger partial charge is 0.346 e. The number of anilines is 3. The highest BCUT2D eigenvalue weighted by molar-refractivity contribution is 7.20. The van der Waals surface area contributed by atoms with Crippen LogP contribution in [0, 0.1) is 29.0 Å². The molecule has 0 bridgehead atoms. The average Bonchev–Trinajstić information content (AvgIpc) is 3.68. The van der Waals surface area contributed by atoms with Crippen molar-refractivity contribution in [2.24, 2.45) is 11.8 Å². The zero-order chi connectivity index (χ0) is 25.7. The Bertz CT molecular complexity index is 1490. The molecule has 0 spiro atoms. The summed E-state index contributed by atoms with van der Waals surface area (Å²) in [6.45, 7) is 6.35. The summed E-state index contributed by atoms with van der Waals surface area (Å²) in [4.78, 5) is 28.3. The van der Waals surface area contributed by atoms with Crippen LogP contribution in [0.15, 0.2) is 24.3 Å². The molecule has 37 heavy (non-hydrogen) atoms. The summed E-state index contributed by atoms with van der Waals surface area (Å²) < 4.78 is 15.3. The molecule has 12 heteroatoms. The van der Waals surface area contributed by atoms with E-state index in [2.05, 4.69) is 22.8 Å².